The summed E-state index contributed by atoms with van der Waals surface area (Å²) in [6, 6.07) is 9.23. The number of methoxy groups -OCH3 is 1. The molecule has 0 radical (unpaired) electrons. The van der Waals surface area contributed by atoms with E-state index in [2.05, 4.69) is 5.32 Å². The number of benzene rings is 1. The van der Waals surface area contributed by atoms with Crippen molar-refractivity contribution < 1.29 is 9.47 Å². The maximum absolute atomic E-state index is 6.15. The van der Waals surface area contributed by atoms with Gasteiger partial charge in [-0.15, -0.1) is 0 Å². The molecule has 2 heterocycles. The number of ether oxygens (including phenoxy) is 2. The molecule has 98 valence electrons. The van der Waals surface area contributed by atoms with E-state index in [0.717, 1.165) is 24.3 Å². The van der Waals surface area contributed by atoms with Gasteiger partial charge < -0.3 is 14.8 Å². The highest BCUT2D eigenvalue weighted by Gasteiger charge is 2.32. The Balaban J connectivity index is 1.69. The maximum atomic E-state index is 6.15. The topological polar surface area (TPSA) is 30.5 Å². The van der Waals surface area contributed by atoms with Crippen LogP contribution in [0.3, 0.4) is 0 Å². The summed E-state index contributed by atoms with van der Waals surface area (Å²) in [5.74, 6) is 1.71. The first kappa shape index (κ1) is 11.8. The molecule has 1 aromatic rings. The van der Waals surface area contributed by atoms with Gasteiger partial charge in [0.2, 0.25) is 0 Å². The van der Waals surface area contributed by atoms with Crippen LogP contribution >= 0.6 is 0 Å². The summed E-state index contributed by atoms with van der Waals surface area (Å²) < 4.78 is 11.5. The number of hydrogen-bond acceptors (Lipinski definition) is 3. The largest absolute Gasteiger partial charge is 0.493 e. The van der Waals surface area contributed by atoms with E-state index in [4.69, 9.17) is 9.47 Å². The van der Waals surface area contributed by atoms with Gasteiger partial charge in [-0.2, -0.15) is 0 Å². The van der Waals surface area contributed by atoms with E-state index in [-0.39, 0.29) is 0 Å². The third-order valence-corrected chi connectivity index (χ3v) is 4.03. The van der Waals surface area contributed by atoms with Crippen LogP contribution in [0.1, 0.15) is 32.1 Å². The van der Waals surface area contributed by atoms with Crippen LogP contribution < -0.4 is 14.8 Å². The lowest BCUT2D eigenvalue weighted by Crippen LogP contribution is -2.51. The quantitative estimate of drug-likeness (QED) is 0.891. The highest BCUT2D eigenvalue weighted by Crippen LogP contribution is 2.32. The average molecular weight is 247 g/mol. The number of nitrogens with one attached hydrogen (secondary N) is 1. The number of rotatable bonds is 3. The third-order valence-electron chi connectivity index (χ3n) is 4.03. The van der Waals surface area contributed by atoms with E-state index in [1.54, 1.807) is 7.11 Å². The smallest absolute Gasteiger partial charge is 0.161 e. The van der Waals surface area contributed by atoms with Crippen molar-refractivity contribution in [2.24, 2.45) is 0 Å². The van der Waals surface area contributed by atoms with Crippen LogP contribution in [0, 0.1) is 0 Å². The zero-order valence-corrected chi connectivity index (χ0v) is 10.9. The minimum absolute atomic E-state index is 0.331. The Hall–Kier alpha value is -1.22. The third kappa shape index (κ3) is 2.46. The summed E-state index contributed by atoms with van der Waals surface area (Å²) in [5, 5.41) is 3.69. The Kier molecular flexibility index (Phi) is 3.41. The van der Waals surface area contributed by atoms with Gasteiger partial charge in [-0.25, -0.2) is 0 Å². The summed E-state index contributed by atoms with van der Waals surface area (Å²) in [5.41, 5.74) is 0. The fourth-order valence-electron chi connectivity index (χ4n) is 3.21. The van der Waals surface area contributed by atoms with E-state index in [9.17, 15) is 0 Å². The monoisotopic (exact) mass is 247 g/mol. The van der Waals surface area contributed by atoms with Gasteiger partial charge in [0.05, 0.1) is 7.11 Å². The van der Waals surface area contributed by atoms with E-state index < -0.39 is 0 Å². The summed E-state index contributed by atoms with van der Waals surface area (Å²) in [6.07, 6.45) is 6.52. The van der Waals surface area contributed by atoms with Crippen molar-refractivity contribution in [1.29, 1.82) is 0 Å². The standard InChI is InChI=1S/C15H21NO2/c1-17-14-7-2-3-8-15(14)18-13-9-11-5-4-6-12(10-13)16-11/h2-3,7-8,11-13,16H,4-6,9-10H2,1H3/t11-,12+,13?. The molecule has 3 atom stereocenters. The lowest BCUT2D eigenvalue weighted by molar-refractivity contribution is 0.0901. The second-order valence-electron chi connectivity index (χ2n) is 5.35. The Labute approximate surface area is 108 Å². The number of para-hydroxylation sites is 2. The zero-order valence-electron chi connectivity index (χ0n) is 10.9. The Morgan fingerprint density at radius 2 is 1.72 bits per heavy atom. The number of piperidine rings is 2. The molecule has 2 aliphatic rings. The van der Waals surface area contributed by atoms with Crippen LogP contribution in [0.2, 0.25) is 0 Å². The summed E-state index contributed by atoms with van der Waals surface area (Å²) in [6.45, 7) is 0. The SMILES string of the molecule is COc1ccccc1OC1C[C@H]2CCC[C@@H](C1)N2. The predicted molar refractivity (Wildman–Crippen MR) is 71.2 cm³/mol. The van der Waals surface area contributed by atoms with Gasteiger partial charge in [0.25, 0.3) is 0 Å². The Morgan fingerprint density at radius 3 is 2.39 bits per heavy atom. The molecular formula is C15H21NO2. The van der Waals surface area contributed by atoms with Gasteiger partial charge in [0.15, 0.2) is 11.5 Å². The molecule has 0 aromatic heterocycles. The minimum atomic E-state index is 0.331. The highest BCUT2D eigenvalue weighted by atomic mass is 16.5. The minimum Gasteiger partial charge on any atom is -0.493 e. The van der Waals surface area contributed by atoms with Gasteiger partial charge in [0, 0.05) is 12.1 Å². The summed E-state index contributed by atoms with van der Waals surface area (Å²) in [7, 11) is 1.69. The summed E-state index contributed by atoms with van der Waals surface area (Å²) >= 11 is 0. The van der Waals surface area contributed by atoms with E-state index >= 15 is 0 Å². The van der Waals surface area contributed by atoms with Crippen molar-refractivity contribution in [3.63, 3.8) is 0 Å². The van der Waals surface area contributed by atoms with Gasteiger partial charge >= 0.3 is 0 Å². The van der Waals surface area contributed by atoms with Crippen molar-refractivity contribution in [2.75, 3.05) is 7.11 Å². The van der Waals surface area contributed by atoms with Gasteiger partial charge in [-0.05, 0) is 37.8 Å². The molecule has 1 aromatic carbocycles. The molecule has 2 bridgehead atoms. The van der Waals surface area contributed by atoms with E-state index in [0.29, 0.717) is 18.2 Å². The van der Waals surface area contributed by atoms with Crippen LogP contribution in [-0.2, 0) is 0 Å². The van der Waals surface area contributed by atoms with E-state index in [1.807, 2.05) is 24.3 Å². The highest BCUT2D eigenvalue weighted by molar-refractivity contribution is 5.39. The van der Waals surface area contributed by atoms with Gasteiger partial charge in [-0.1, -0.05) is 18.6 Å². The molecule has 0 saturated carbocycles. The molecule has 2 aliphatic heterocycles. The van der Waals surface area contributed by atoms with Gasteiger partial charge in [0.1, 0.15) is 6.10 Å². The van der Waals surface area contributed by atoms with Crippen LogP contribution in [0.5, 0.6) is 11.5 Å². The fraction of sp³-hybridized carbons (Fsp3) is 0.600. The molecule has 3 rings (SSSR count). The first-order chi connectivity index (χ1) is 8.85. The number of hydrogen-bond donors (Lipinski definition) is 1. The van der Waals surface area contributed by atoms with Crippen molar-refractivity contribution >= 4 is 0 Å². The van der Waals surface area contributed by atoms with E-state index in [1.165, 1.54) is 19.3 Å². The molecule has 1 N–H and O–H groups in total. The van der Waals surface area contributed by atoms with Crippen molar-refractivity contribution in [2.45, 2.75) is 50.3 Å². The molecule has 0 spiro atoms. The maximum Gasteiger partial charge on any atom is 0.161 e. The Morgan fingerprint density at radius 1 is 1.06 bits per heavy atom. The molecular weight excluding hydrogens is 226 g/mol. The Bertz CT molecular complexity index is 395. The van der Waals surface area contributed by atoms with Crippen molar-refractivity contribution in [3.8, 4) is 11.5 Å². The summed E-state index contributed by atoms with van der Waals surface area (Å²) in [4.78, 5) is 0. The van der Waals surface area contributed by atoms with Crippen molar-refractivity contribution in [1.82, 2.24) is 5.32 Å². The second-order valence-corrected chi connectivity index (χ2v) is 5.35. The first-order valence-corrected chi connectivity index (χ1v) is 6.91. The van der Waals surface area contributed by atoms with Crippen LogP contribution in [0.4, 0.5) is 0 Å². The number of fused-ring (bicyclic) bond motifs is 2. The molecule has 0 amide bonds. The molecule has 1 unspecified atom stereocenters. The second kappa shape index (κ2) is 5.19. The van der Waals surface area contributed by atoms with Crippen LogP contribution in [0.15, 0.2) is 24.3 Å². The predicted octanol–water partition coefficient (Wildman–Crippen LogP) is 2.75. The normalized spacial score (nSPS) is 30.8. The first-order valence-electron chi connectivity index (χ1n) is 6.91. The molecule has 2 fully saturated rings. The van der Waals surface area contributed by atoms with Crippen LogP contribution in [0.25, 0.3) is 0 Å². The molecule has 2 saturated heterocycles. The lowest BCUT2D eigenvalue weighted by Gasteiger charge is -2.40. The molecule has 3 heteroatoms. The average Bonchev–Trinajstić information content (AvgIpc) is 2.39. The van der Waals surface area contributed by atoms with Gasteiger partial charge in [-0.3, -0.25) is 0 Å². The molecule has 0 aliphatic carbocycles. The van der Waals surface area contributed by atoms with Crippen LogP contribution in [-0.4, -0.2) is 25.3 Å². The van der Waals surface area contributed by atoms with Crippen molar-refractivity contribution in [3.05, 3.63) is 24.3 Å². The zero-order chi connectivity index (χ0) is 12.4. The molecule has 3 nitrogen and oxygen atoms in total. The fourth-order valence-corrected chi connectivity index (χ4v) is 3.21. The lowest BCUT2D eigenvalue weighted by atomic mass is 9.85. The molecule has 18 heavy (non-hydrogen) atoms.